The molecule has 0 N–H and O–H groups in total. The van der Waals surface area contributed by atoms with Crippen LogP contribution in [0.1, 0.15) is 0 Å². The predicted molar refractivity (Wildman–Crippen MR) is 177 cm³/mol. The first-order chi connectivity index (χ1) is 21.4. The maximum Gasteiger partial charge on any atom is 0.145 e. The number of nitrogens with zero attached hydrogens (tertiary/aromatic N) is 5. The van der Waals surface area contributed by atoms with Gasteiger partial charge in [-0.05, 0) is 48.5 Å². The molecule has 43 heavy (non-hydrogen) atoms. The molecular formula is C38H23N5. The van der Waals surface area contributed by atoms with E-state index in [2.05, 4.69) is 134 Å². The highest BCUT2D eigenvalue weighted by molar-refractivity contribution is 6.32. The predicted octanol–water partition coefficient (Wildman–Crippen LogP) is 9.23. The lowest BCUT2D eigenvalue weighted by Crippen LogP contribution is -1.97. The molecule has 5 aromatic heterocycles. The second-order valence-electron chi connectivity index (χ2n) is 11.1. The zero-order valence-electron chi connectivity index (χ0n) is 23.0. The molecule has 0 saturated heterocycles. The molecule has 5 nitrogen and oxygen atoms in total. The highest BCUT2D eigenvalue weighted by Gasteiger charge is 2.23. The fourth-order valence-electron chi connectivity index (χ4n) is 7.28. The van der Waals surface area contributed by atoms with Crippen molar-refractivity contribution in [2.45, 2.75) is 0 Å². The summed E-state index contributed by atoms with van der Waals surface area (Å²) in [6.45, 7) is 0. The fraction of sp³-hybridized carbons (Fsp3) is 0. The van der Waals surface area contributed by atoms with Gasteiger partial charge in [0.15, 0.2) is 0 Å². The van der Waals surface area contributed by atoms with Crippen molar-refractivity contribution in [1.82, 2.24) is 23.5 Å². The normalized spacial score (nSPS) is 12.2. The third-order valence-corrected chi connectivity index (χ3v) is 8.96. The van der Waals surface area contributed by atoms with Crippen molar-refractivity contribution in [2.24, 2.45) is 0 Å². The van der Waals surface area contributed by atoms with Crippen LogP contribution in [-0.4, -0.2) is 23.5 Å². The Morgan fingerprint density at radius 3 is 1.93 bits per heavy atom. The number of aromatic nitrogens is 5. The highest BCUT2D eigenvalue weighted by atomic mass is 15.0. The summed E-state index contributed by atoms with van der Waals surface area (Å²) in [5, 5.41) is 8.31. The first-order valence-electron chi connectivity index (χ1n) is 14.5. The fourth-order valence-corrected chi connectivity index (χ4v) is 7.28. The van der Waals surface area contributed by atoms with Crippen LogP contribution in [0, 0.1) is 0 Å². The van der Waals surface area contributed by atoms with Gasteiger partial charge in [-0.15, -0.1) is 0 Å². The lowest BCUT2D eigenvalue weighted by molar-refractivity contribution is 1.18. The summed E-state index contributed by atoms with van der Waals surface area (Å²) >= 11 is 0. The van der Waals surface area contributed by atoms with E-state index in [1.54, 1.807) is 0 Å². The number of fused-ring (bicyclic) bond motifs is 14. The molecule has 0 saturated carbocycles. The van der Waals surface area contributed by atoms with Gasteiger partial charge in [0.25, 0.3) is 0 Å². The van der Waals surface area contributed by atoms with Gasteiger partial charge >= 0.3 is 0 Å². The van der Waals surface area contributed by atoms with Crippen LogP contribution in [0.2, 0.25) is 0 Å². The van der Waals surface area contributed by atoms with Crippen LogP contribution >= 0.6 is 0 Å². The summed E-state index contributed by atoms with van der Waals surface area (Å²) in [4.78, 5) is 9.42. The van der Waals surface area contributed by atoms with Crippen LogP contribution in [0.15, 0.2) is 140 Å². The van der Waals surface area contributed by atoms with Crippen molar-refractivity contribution in [3.63, 3.8) is 0 Å². The minimum atomic E-state index is 0.948. The van der Waals surface area contributed by atoms with Gasteiger partial charge in [-0.2, -0.15) is 0 Å². The van der Waals surface area contributed by atoms with Crippen molar-refractivity contribution < 1.29 is 0 Å². The standard InChI is InChI=1S/C38H23N5/c1-3-9-24(10-4-1)42-32-14-8-7-13-26(32)27-17-18-33-35(36(27)42)28-15-16-29-34(37(28)43(33)25-11-5-2-6-12-25)30-23-39-20-19-31(30)41-22-21-40-38(29)41/h1-23H. The van der Waals surface area contributed by atoms with Crippen LogP contribution in [0.25, 0.3) is 82.3 Å². The Balaban J connectivity index is 1.54. The van der Waals surface area contributed by atoms with Gasteiger partial charge in [0, 0.05) is 73.9 Å². The lowest BCUT2D eigenvalue weighted by atomic mass is 10.0. The summed E-state index contributed by atoms with van der Waals surface area (Å²) < 4.78 is 7.04. The molecule has 0 atom stereocenters. The van der Waals surface area contributed by atoms with Crippen molar-refractivity contribution in [3.8, 4) is 11.4 Å². The van der Waals surface area contributed by atoms with Crippen LogP contribution in [0.3, 0.4) is 0 Å². The number of pyridine rings is 2. The highest BCUT2D eigenvalue weighted by Crippen LogP contribution is 2.45. The average molecular weight is 550 g/mol. The van der Waals surface area contributed by atoms with Crippen LogP contribution in [-0.2, 0) is 0 Å². The number of imidazole rings is 1. The summed E-state index contributed by atoms with van der Waals surface area (Å²) in [5.74, 6) is 0. The number of para-hydroxylation sites is 3. The quantitative estimate of drug-likeness (QED) is 0.202. The molecule has 0 fully saturated rings. The van der Waals surface area contributed by atoms with Crippen LogP contribution in [0.5, 0.6) is 0 Å². The van der Waals surface area contributed by atoms with Crippen molar-refractivity contribution in [2.75, 3.05) is 0 Å². The Morgan fingerprint density at radius 2 is 1.12 bits per heavy atom. The number of benzene rings is 5. The molecule has 0 aliphatic rings. The molecule has 5 heterocycles. The monoisotopic (exact) mass is 549 g/mol. The molecule has 5 aromatic carbocycles. The Morgan fingerprint density at radius 1 is 0.442 bits per heavy atom. The lowest BCUT2D eigenvalue weighted by Gasteiger charge is -2.13. The van der Waals surface area contributed by atoms with Gasteiger partial charge in [0.05, 0.1) is 27.6 Å². The number of hydrogen-bond acceptors (Lipinski definition) is 2. The average Bonchev–Trinajstić information content (AvgIpc) is 3.78. The molecule has 10 aromatic rings. The molecule has 10 rings (SSSR count). The zero-order chi connectivity index (χ0) is 28.1. The molecule has 0 aliphatic carbocycles. The second kappa shape index (κ2) is 8.30. The Kier molecular flexibility index (Phi) is 4.39. The van der Waals surface area contributed by atoms with Crippen molar-refractivity contribution >= 4 is 70.9 Å². The SMILES string of the molecule is c1ccc(-n2c3ccccc3c3ccc4c(c5ccc6c(c7cnccc7n7ccnc67)c5n4-c4ccccc4)c32)cc1. The van der Waals surface area contributed by atoms with E-state index < -0.39 is 0 Å². The minimum Gasteiger partial charge on any atom is -0.309 e. The molecule has 0 bridgehead atoms. The number of rotatable bonds is 2. The molecule has 0 unspecified atom stereocenters. The first-order valence-corrected chi connectivity index (χ1v) is 14.5. The maximum atomic E-state index is 4.82. The third-order valence-electron chi connectivity index (χ3n) is 8.96. The molecule has 5 heteroatoms. The molecule has 0 amide bonds. The minimum absolute atomic E-state index is 0.948. The van der Waals surface area contributed by atoms with Gasteiger partial charge in [-0.1, -0.05) is 66.7 Å². The van der Waals surface area contributed by atoms with E-state index in [1.807, 2.05) is 24.8 Å². The van der Waals surface area contributed by atoms with Gasteiger partial charge in [-0.3, -0.25) is 9.38 Å². The van der Waals surface area contributed by atoms with E-state index in [9.17, 15) is 0 Å². The smallest absolute Gasteiger partial charge is 0.145 e. The zero-order valence-corrected chi connectivity index (χ0v) is 23.0. The Bertz CT molecular complexity index is 2710. The maximum absolute atomic E-state index is 4.82. The second-order valence-corrected chi connectivity index (χ2v) is 11.1. The molecule has 200 valence electrons. The van der Waals surface area contributed by atoms with Gasteiger partial charge in [0.2, 0.25) is 0 Å². The topological polar surface area (TPSA) is 40.1 Å². The Hall–Kier alpha value is -5.94. The van der Waals surface area contributed by atoms with E-state index in [-0.39, 0.29) is 0 Å². The molecular weight excluding hydrogens is 526 g/mol. The van der Waals surface area contributed by atoms with Gasteiger partial charge < -0.3 is 9.13 Å². The molecule has 0 aliphatic heterocycles. The largest absolute Gasteiger partial charge is 0.309 e. The van der Waals surface area contributed by atoms with Crippen molar-refractivity contribution in [1.29, 1.82) is 0 Å². The van der Waals surface area contributed by atoms with E-state index >= 15 is 0 Å². The summed E-state index contributed by atoms with van der Waals surface area (Å²) in [7, 11) is 0. The number of hydrogen-bond donors (Lipinski definition) is 0. The summed E-state index contributed by atoms with van der Waals surface area (Å²) in [6, 6.07) is 41.4. The van der Waals surface area contributed by atoms with E-state index in [4.69, 9.17) is 4.98 Å². The first kappa shape index (κ1) is 22.7. The summed E-state index contributed by atoms with van der Waals surface area (Å²) in [6.07, 6.45) is 7.78. The van der Waals surface area contributed by atoms with E-state index in [1.165, 1.54) is 43.6 Å². The van der Waals surface area contributed by atoms with Gasteiger partial charge in [-0.25, -0.2) is 4.98 Å². The van der Waals surface area contributed by atoms with Gasteiger partial charge in [0.1, 0.15) is 5.65 Å². The molecule has 0 radical (unpaired) electrons. The third kappa shape index (κ3) is 2.90. The van der Waals surface area contributed by atoms with Crippen LogP contribution < -0.4 is 0 Å². The van der Waals surface area contributed by atoms with E-state index in [0.717, 1.165) is 38.7 Å². The van der Waals surface area contributed by atoms with Crippen molar-refractivity contribution in [3.05, 3.63) is 140 Å². The molecule has 0 spiro atoms. The summed E-state index contributed by atoms with van der Waals surface area (Å²) in [5.41, 5.74) is 9.06. The van der Waals surface area contributed by atoms with E-state index in [0.29, 0.717) is 0 Å². The Labute approximate surface area is 245 Å². The van der Waals surface area contributed by atoms with Crippen LogP contribution in [0.4, 0.5) is 0 Å².